The zero-order valence-corrected chi connectivity index (χ0v) is 15.6. The van der Waals surface area contributed by atoms with Crippen LogP contribution in [0, 0.1) is 0 Å². The highest BCUT2D eigenvalue weighted by molar-refractivity contribution is 5.77. The highest BCUT2D eigenvalue weighted by Crippen LogP contribution is 2.24. The first-order valence-electron chi connectivity index (χ1n) is 9.42. The fourth-order valence-electron chi connectivity index (χ4n) is 3.54. The Bertz CT molecular complexity index is 781. The molecule has 7 heteroatoms. The number of carbonyl (C=O) groups is 1. The summed E-state index contributed by atoms with van der Waals surface area (Å²) in [6, 6.07) is 7.78. The number of aromatic amines is 1. The Kier molecular flexibility index (Phi) is 5.40. The van der Waals surface area contributed by atoms with Crippen LogP contribution in [0.4, 0.5) is 0 Å². The second-order valence-corrected chi connectivity index (χ2v) is 6.95. The Labute approximate surface area is 158 Å². The molecule has 4 rings (SSSR count). The fraction of sp³-hybridized carbons (Fsp3) is 0.500. The minimum Gasteiger partial charge on any atom is -0.497 e. The van der Waals surface area contributed by atoms with E-state index in [9.17, 15) is 4.79 Å². The van der Waals surface area contributed by atoms with E-state index < -0.39 is 0 Å². The normalized spacial score (nSPS) is 19.1. The van der Waals surface area contributed by atoms with Crippen LogP contribution in [0.15, 0.2) is 24.3 Å². The lowest BCUT2D eigenvalue weighted by molar-refractivity contribution is -0.138. The number of nitrogens with zero attached hydrogens (tertiary/aromatic N) is 2. The number of methoxy groups -OCH3 is 1. The first kappa shape index (κ1) is 18.0. The monoisotopic (exact) mass is 371 g/mol. The van der Waals surface area contributed by atoms with Crippen LogP contribution in [-0.4, -0.2) is 60.4 Å². The summed E-state index contributed by atoms with van der Waals surface area (Å²) in [6.07, 6.45) is 2.99. The first-order chi connectivity index (χ1) is 13.2. The predicted molar refractivity (Wildman–Crippen MR) is 99.5 cm³/mol. The van der Waals surface area contributed by atoms with Gasteiger partial charge < -0.3 is 24.1 Å². The fourth-order valence-corrected chi connectivity index (χ4v) is 3.54. The molecule has 3 heterocycles. The Morgan fingerprint density at radius 2 is 2.22 bits per heavy atom. The molecule has 2 aromatic rings. The van der Waals surface area contributed by atoms with Gasteiger partial charge in [0.2, 0.25) is 5.91 Å². The molecule has 1 aromatic heterocycles. The standard InChI is InChI=1S/C20H25N3O4/c1-25-15-6-4-14(5-7-15)20-21-17-8-9-23(11-18(17)22-20)19(24)13-26-12-16-3-2-10-27-16/h4-7,16H,2-3,8-13H2,1H3,(H,21,22)/t16-/m0/s1. The molecule has 144 valence electrons. The van der Waals surface area contributed by atoms with Crippen molar-refractivity contribution in [1.82, 2.24) is 14.9 Å². The Balaban J connectivity index is 1.34. The van der Waals surface area contributed by atoms with Crippen LogP contribution in [0.2, 0.25) is 0 Å². The number of H-pyrrole nitrogens is 1. The quantitative estimate of drug-likeness (QED) is 0.842. The maximum absolute atomic E-state index is 12.4. The van der Waals surface area contributed by atoms with Crippen molar-refractivity contribution in [2.45, 2.75) is 31.9 Å². The van der Waals surface area contributed by atoms with Gasteiger partial charge in [0, 0.05) is 25.1 Å². The van der Waals surface area contributed by atoms with Gasteiger partial charge in [0.05, 0.1) is 37.8 Å². The Morgan fingerprint density at radius 1 is 1.37 bits per heavy atom. The van der Waals surface area contributed by atoms with E-state index in [2.05, 4.69) is 4.98 Å². The SMILES string of the molecule is COc1ccc(-c2nc3c([nH]2)CN(C(=O)COC[C@@H]2CCCO2)CC3)cc1. The lowest BCUT2D eigenvalue weighted by Crippen LogP contribution is -2.38. The van der Waals surface area contributed by atoms with Crippen molar-refractivity contribution in [2.75, 3.05) is 33.5 Å². The van der Waals surface area contributed by atoms with E-state index in [1.807, 2.05) is 29.2 Å². The third-order valence-corrected chi connectivity index (χ3v) is 5.10. The van der Waals surface area contributed by atoms with Crippen LogP contribution in [0.1, 0.15) is 24.2 Å². The average molecular weight is 371 g/mol. The van der Waals surface area contributed by atoms with Crippen molar-refractivity contribution < 1.29 is 19.0 Å². The first-order valence-corrected chi connectivity index (χ1v) is 9.42. The van der Waals surface area contributed by atoms with Gasteiger partial charge in [0.1, 0.15) is 18.2 Å². The predicted octanol–water partition coefficient (Wildman–Crippen LogP) is 2.17. The molecule has 1 atom stereocenters. The van der Waals surface area contributed by atoms with Crippen LogP contribution in [-0.2, 0) is 27.2 Å². The van der Waals surface area contributed by atoms with Gasteiger partial charge in [-0.1, -0.05) is 0 Å². The summed E-state index contributed by atoms with van der Waals surface area (Å²) in [6.45, 7) is 2.61. The molecule has 2 aliphatic heterocycles. The van der Waals surface area contributed by atoms with E-state index in [1.54, 1.807) is 7.11 Å². The number of hydrogen-bond acceptors (Lipinski definition) is 5. The summed E-state index contributed by atoms with van der Waals surface area (Å²) in [7, 11) is 1.65. The Morgan fingerprint density at radius 3 is 2.96 bits per heavy atom. The molecule has 27 heavy (non-hydrogen) atoms. The maximum atomic E-state index is 12.4. The Hall–Kier alpha value is -2.38. The van der Waals surface area contributed by atoms with Gasteiger partial charge in [-0.2, -0.15) is 0 Å². The summed E-state index contributed by atoms with van der Waals surface area (Å²) in [4.78, 5) is 22.3. The second-order valence-electron chi connectivity index (χ2n) is 6.95. The summed E-state index contributed by atoms with van der Waals surface area (Å²) < 4.78 is 16.3. The molecular weight excluding hydrogens is 346 g/mol. The van der Waals surface area contributed by atoms with Gasteiger partial charge in [-0.05, 0) is 37.1 Å². The minimum atomic E-state index is 0.0132. The van der Waals surface area contributed by atoms with E-state index >= 15 is 0 Å². The molecule has 1 saturated heterocycles. The molecular formula is C20H25N3O4. The second kappa shape index (κ2) is 8.10. The smallest absolute Gasteiger partial charge is 0.248 e. The molecule has 1 fully saturated rings. The van der Waals surface area contributed by atoms with E-state index in [1.165, 1.54) is 0 Å². The van der Waals surface area contributed by atoms with Crippen LogP contribution < -0.4 is 4.74 Å². The van der Waals surface area contributed by atoms with Crippen molar-refractivity contribution in [2.24, 2.45) is 0 Å². The maximum Gasteiger partial charge on any atom is 0.248 e. The number of carbonyl (C=O) groups excluding carboxylic acids is 1. The molecule has 0 bridgehead atoms. The third-order valence-electron chi connectivity index (χ3n) is 5.10. The van der Waals surface area contributed by atoms with Crippen LogP contribution >= 0.6 is 0 Å². The van der Waals surface area contributed by atoms with Crippen molar-refractivity contribution in [3.05, 3.63) is 35.7 Å². The van der Waals surface area contributed by atoms with Crippen LogP contribution in [0.3, 0.4) is 0 Å². The van der Waals surface area contributed by atoms with Gasteiger partial charge in [-0.15, -0.1) is 0 Å². The highest BCUT2D eigenvalue weighted by atomic mass is 16.5. The van der Waals surface area contributed by atoms with E-state index in [0.29, 0.717) is 19.7 Å². The van der Waals surface area contributed by atoms with Gasteiger partial charge in [0.15, 0.2) is 0 Å². The molecule has 1 amide bonds. The van der Waals surface area contributed by atoms with Crippen molar-refractivity contribution in [1.29, 1.82) is 0 Å². The van der Waals surface area contributed by atoms with Crippen molar-refractivity contribution >= 4 is 5.91 Å². The zero-order chi connectivity index (χ0) is 18.6. The zero-order valence-electron chi connectivity index (χ0n) is 15.6. The minimum absolute atomic E-state index is 0.0132. The molecule has 1 N–H and O–H groups in total. The molecule has 1 aromatic carbocycles. The molecule has 0 unspecified atom stereocenters. The number of nitrogens with one attached hydrogen (secondary N) is 1. The molecule has 0 saturated carbocycles. The van der Waals surface area contributed by atoms with Crippen LogP contribution in [0.5, 0.6) is 5.75 Å². The van der Waals surface area contributed by atoms with Gasteiger partial charge in [-0.3, -0.25) is 4.79 Å². The number of ether oxygens (including phenoxy) is 3. The number of benzene rings is 1. The number of amides is 1. The van der Waals surface area contributed by atoms with Crippen molar-refractivity contribution in [3.8, 4) is 17.1 Å². The van der Waals surface area contributed by atoms with Gasteiger partial charge >= 0.3 is 0 Å². The summed E-state index contributed by atoms with van der Waals surface area (Å²) in [5, 5.41) is 0. The van der Waals surface area contributed by atoms with Gasteiger partial charge in [0.25, 0.3) is 0 Å². The van der Waals surface area contributed by atoms with E-state index in [0.717, 1.165) is 54.4 Å². The molecule has 2 aliphatic rings. The lowest BCUT2D eigenvalue weighted by Gasteiger charge is -2.26. The number of fused-ring (bicyclic) bond motifs is 1. The average Bonchev–Trinajstić information content (AvgIpc) is 3.37. The third kappa shape index (κ3) is 4.14. The highest BCUT2D eigenvalue weighted by Gasteiger charge is 2.24. The lowest BCUT2D eigenvalue weighted by atomic mass is 10.1. The van der Waals surface area contributed by atoms with Crippen LogP contribution in [0.25, 0.3) is 11.4 Å². The van der Waals surface area contributed by atoms with E-state index in [-0.39, 0.29) is 18.6 Å². The number of imidazole rings is 1. The molecule has 0 aliphatic carbocycles. The number of rotatable bonds is 6. The van der Waals surface area contributed by atoms with Crippen molar-refractivity contribution in [3.63, 3.8) is 0 Å². The summed E-state index contributed by atoms with van der Waals surface area (Å²) in [5.41, 5.74) is 3.03. The van der Waals surface area contributed by atoms with Gasteiger partial charge in [-0.25, -0.2) is 4.98 Å². The number of hydrogen-bond donors (Lipinski definition) is 1. The molecule has 0 radical (unpaired) electrons. The van der Waals surface area contributed by atoms with E-state index in [4.69, 9.17) is 19.2 Å². The summed E-state index contributed by atoms with van der Waals surface area (Å²) in [5.74, 6) is 1.65. The molecule has 0 spiro atoms. The number of aromatic nitrogens is 2. The summed E-state index contributed by atoms with van der Waals surface area (Å²) >= 11 is 0. The largest absolute Gasteiger partial charge is 0.497 e. The molecule has 7 nitrogen and oxygen atoms in total. The topological polar surface area (TPSA) is 76.7 Å².